The van der Waals surface area contributed by atoms with Crippen LogP contribution in [0.25, 0.3) is 0 Å². The second kappa shape index (κ2) is 11.4. The molecule has 1 saturated carbocycles. The quantitative estimate of drug-likeness (QED) is 0.395. The van der Waals surface area contributed by atoms with E-state index in [9.17, 15) is 9.59 Å². The molecule has 0 heterocycles. The van der Waals surface area contributed by atoms with Crippen molar-refractivity contribution in [3.05, 3.63) is 35.4 Å². The Morgan fingerprint density at radius 3 is 2.31 bits per heavy atom. The molecule has 2 rings (SSSR count). The van der Waals surface area contributed by atoms with E-state index in [0.717, 1.165) is 29.9 Å². The molecule has 160 valence electrons. The minimum absolute atomic E-state index is 0.165. The average molecular weight is 402 g/mol. The van der Waals surface area contributed by atoms with Crippen LogP contribution < -0.4 is 21.7 Å². The zero-order chi connectivity index (χ0) is 21.2. The van der Waals surface area contributed by atoms with Gasteiger partial charge in [-0.05, 0) is 62.1 Å². The SMILES string of the molecule is CCNC(=NCc1ccc(C(=O)NCC(N)=O)cc1)NC1CCC(C(C)C)CC1. The molecule has 0 atom stereocenters. The molecule has 7 heteroatoms. The van der Waals surface area contributed by atoms with Gasteiger partial charge in [-0.25, -0.2) is 4.99 Å². The van der Waals surface area contributed by atoms with E-state index >= 15 is 0 Å². The molecule has 0 bridgehead atoms. The Morgan fingerprint density at radius 1 is 1.10 bits per heavy atom. The summed E-state index contributed by atoms with van der Waals surface area (Å²) in [5.41, 5.74) is 6.54. The Labute approximate surface area is 173 Å². The smallest absolute Gasteiger partial charge is 0.251 e. The largest absolute Gasteiger partial charge is 0.368 e. The first-order chi connectivity index (χ1) is 13.9. The molecule has 2 amide bonds. The molecule has 1 aromatic rings. The van der Waals surface area contributed by atoms with Gasteiger partial charge in [-0.2, -0.15) is 0 Å². The predicted octanol–water partition coefficient (Wildman–Crippen LogP) is 2.17. The minimum atomic E-state index is -0.564. The Bertz CT molecular complexity index is 692. The van der Waals surface area contributed by atoms with Gasteiger partial charge in [0, 0.05) is 18.2 Å². The zero-order valence-corrected chi connectivity index (χ0v) is 17.8. The normalized spacial score (nSPS) is 19.7. The maximum atomic E-state index is 11.9. The van der Waals surface area contributed by atoms with Gasteiger partial charge in [0.25, 0.3) is 5.91 Å². The number of carbonyl (C=O) groups is 2. The molecule has 5 N–H and O–H groups in total. The van der Waals surface area contributed by atoms with Gasteiger partial charge in [-0.3, -0.25) is 9.59 Å². The monoisotopic (exact) mass is 401 g/mol. The van der Waals surface area contributed by atoms with Crippen LogP contribution in [0, 0.1) is 11.8 Å². The van der Waals surface area contributed by atoms with E-state index in [1.54, 1.807) is 12.1 Å². The number of aliphatic imine (C=N–C) groups is 1. The van der Waals surface area contributed by atoms with Crippen LogP contribution in [-0.4, -0.2) is 36.9 Å². The third kappa shape index (κ3) is 7.75. The predicted molar refractivity (Wildman–Crippen MR) is 117 cm³/mol. The van der Waals surface area contributed by atoms with Gasteiger partial charge in [0.15, 0.2) is 5.96 Å². The molecule has 0 spiro atoms. The van der Waals surface area contributed by atoms with Crippen molar-refractivity contribution in [2.24, 2.45) is 22.6 Å². The van der Waals surface area contributed by atoms with Crippen molar-refractivity contribution >= 4 is 17.8 Å². The highest BCUT2D eigenvalue weighted by Crippen LogP contribution is 2.29. The zero-order valence-electron chi connectivity index (χ0n) is 17.8. The number of hydrogen-bond donors (Lipinski definition) is 4. The second-order valence-electron chi connectivity index (χ2n) is 8.04. The second-order valence-corrected chi connectivity index (χ2v) is 8.04. The lowest BCUT2D eigenvalue weighted by atomic mass is 9.80. The summed E-state index contributed by atoms with van der Waals surface area (Å²) < 4.78 is 0. The van der Waals surface area contributed by atoms with Crippen molar-refractivity contribution in [1.29, 1.82) is 0 Å². The average Bonchev–Trinajstić information content (AvgIpc) is 2.71. The van der Waals surface area contributed by atoms with Gasteiger partial charge in [-0.1, -0.05) is 26.0 Å². The van der Waals surface area contributed by atoms with Crippen molar-refractivity contribution in [3.8, 4) is 0 Å². The Balaban J connectivity index is 1.89. The summed E-state index contributed by atoms with van der Waals surface area (Å²) in [4.78, 5) is 27.4. The fourth-order valence-electron chi connectivity index (χ4n) is 3.64. The molecule has 0 aliphatic heterocycles. The molecule has 7 nitrogen and oxygen atoms in total. The van der Waals surface area contributed by atoms with Gasteiger partial charge < -0.3 is 21.7 Å². The number of benzene rings is 1. The molecule has 1 aliphatic carbocycles. The van der Waals surface area contributed by atoms with E-state index in [0.29, 0.717) is 18.2 Å². The van der Waals surface area contributed by atoms with E-state index in [1.165, 1.54) is 25.7 Å². The summed E-state index contributed by atoms with van der Waals surface area (Å²) in [7, 11) is 0. The Hall–Kier alpha value is -2.57. The van der Waals surface area contributed by atoms with E-state index in [1.807, 2.05) is 12.1 Å². The fourth-order valence-corrected chi connectivity index (χ4v) is 3.64. The van der Waals surface area contributed by atoms with Crippen LogP contribution in [0.2, 0.25) is 0 Å². The number of carbonyl (C=O) groups excluding carboxylic acids is 2. The number of nitrogens with zero attached hydrogens (tertiary/aromatic N) is 1. The number of amides is 2. The van der Waals surface area contributed by atoms with Crippen LogP contribution in [0.3, 0.4) is 0 Å². The van der Waals surface area contributed by atoms with Crippen LogP contribution in [0.15, 0.2) is 29.3 Å². The van der Waals surface area contributed by atoms with Gasteiger partial charge >= 0.3 is 0 Å². The van der Waals surface area contributed by atoms with Gasteiger partial charge in [-0.15, -0.1) is 0 Å². The first-order valence-corrected chi connectivity index (χ1v) is 10.6. The molecular weight excluding hydrogens is 366 g/mol. The third-order valence-corrected chi connectivity index (χ3v) is 5.46. The summed E-state index contributed by atoms with van der Waals surface area (Å²) in [6.07, 6.45) is 4.91. The minimum Gasteiger partial charge on any atom is -0.368 e. The highest BCUT2D eigenvalue weighted by molar-refractivity contribution is 5.96. The van der Waals surface area contributed by atoms with Crippen LogP contribution in [-0.2, 0) is 11.3 Å². The van der Waals surface area contributed by atoms with E-state index in [-0.39, 0.29) is 12.5 Å². The fraction of sp³-hybridized carbons (Fsp3) is 0.591. The summed E-state index contributed by atoms with van der Waals surface area (Å²) >= 11 is 0. The lowest BCUT2D eigenvalue weighted by Gasteiger charge is -2.32. The van der Waals surface area contributed by atoms with Crippen molar-refractivity contribution in [2.75, 3.05) is 13.1 Å². The number of primary amides is 1. The molecule has 0 aromatic heterocycles. The topological polar surface area (TPSA) is 109 Å². The van der Waals surface area contributed by atoms with E-state index in [4.69, 9.17) is 10.7 Å². The molecular formula is C22H35N5O2. The molecule has 29 heavy (non-hydrogen) atoms. The lowest BCUT2D eigenvalue weighted by molar-refractivity contribution is -0.117. The van der Waals surface area contributed by atoms with Crippen LogP contribution in [0.4, 0.5) is 0 Å². The maximum Gasteiger partial charge on any atom is 0.251 e. The number of nitrogens with one attached hydrogen (secondary N) is 3. The lowest BCUT2D eigenvalue weighted by Crippen LogP contribution is -2.45. The summed E-state index contributed by atoms with van der Waals surface area (Å²) in [6.45, 7) is 7.87. The summed E-state index contributed by atoms with van der Waals surface area (Å²) in [5, 5.41) is 9.38. The Morgan fingerprint density at radius 2 is 1.76 bits per heavy atom. The van der Waals surface area contributed by atoms with Crippen LogP contribution >= 0.6 is 0 Å². The van der Waals surface area contributed by atoms with Gasteiger partial charge in [0.2, 0.25) is 5.91 Å². The number of nitrogens with two attached hydrogens (primary N) is 1. The highest BCUT2D eigenvalue weighted by Gasteiger charge is 2.23. The third-order valence-electron chi connectivity index (χ3n) is 5.46. The number of guanidine groups is 1. The van der Waals surface area contributed by atoms with Crippen LogP contribution in [0.1, 0.15) is 62.4 Å². The maximum absolute atomic E-state index is 11.9. The van der Waals surface area contributed by atoms with Gasteiger partial charge in [0.1, 0.15) is 0 Å². The summed E-state index contributed by atoms with van der Waals surface area (Å²) in [5.74, 6) is 1.56. The first-order valence-electron chi connectivity index (χ1n) is 10.6. The molecule has 1 aromatic carbocycles. The Kier molecular flexibility index (Phi) is 8.96. The summed E-state index contributed by atoms with van der Waals surface area (Å²) in [6, 6.07) is 7.68. The van der Waals surface area contributed by atoms with Crippen molar-refractivity contribution in [1.82, 2.24) is 16.0 Å². The standard InChI is InChI=1S/C22H35N5O2/c1-4-24-22(27-19-11-9-17(10-12-19)15(2)3)26-13-16-5-7-18(8-6-16)21(29)25-14-20(23)28/h5-8,15,17,19H,4,9-14H2,1-3H3,(H2,23,28)(H,25,29)(H2,24,26,27). The van der Waals surface area contributed by atoms with Crippen LogP contribution in [0.5, 0.6) is 0 Å². The van der Waals surface area contributed by atoms with Gasteiger partial charge in [0.05, 0.1) is 13.1 Å². The number of hydrogen-bond acceptors (Lipinski definition) is 3. The van der Waals surface area contributed by atoms with E-state index in [2.05, 4.69) is 36.7 Å². The van der Waals surface area contributed by atoms with E-state index < -0.39 is 5.91 Å². The molecule has 0 unspecified atom stereocenters. The molecule has 0 saturated heterocycles. The van der Waals surface area contributed by atoms with Crippen molar-refractivity contribution < 1.29 is 9.59 Å². The first kappa shape index (κ1) is 22.7. The van der Waals surface area contributed by atoms with Crippen molar-refractivity contribution in [3.63, 3.8) is 0 Å². The highest BCUT2D eigenvalue weighted by atomic mass is 16.2. The molecule has 1 fully saturated rings. The molecule has 1 aliphatic rings. The molecule has 0 radical (unpaired) electrons. The van der Waals surface area contributed by atoms with Crippen molar-refractivity contribution in [2.45, 2.75) is 59.0 Å². The number of rotatable bonds is 8.